The minimum atomic E-state index is -0.527. The second-order valence-corrected chi connectivity index (χ2v) is 6.04. The highest BCUT2D eigenvalue weighted by Gasteiger charge is 2.15. The Balaban J connectivity index is 1.88. The number of benzene rings is 2. The number of rotatable bonds is 6. The molecule has 4 N–H and O–H groups in total. The molecule has 28 heavy (non-hydrogen) atoms. The van der Waals surface area contributed by atoms with Gasteiger partial charge in [0, 0.05) is 5.69 Å². The summed E-state index contributed by atoms with van der Waals surface area (Å²) in [6, 6.07) is 11.0. The molecule has 0 unspecified atom stereocenters. The van der Waals surface area contributed by atoms with Crippen LogP contribution in [0.4, 0.5) is 33.1 Å². The Morgan fingerprint density at radius 2 is 1.89 bits per heavy atom. The molecule has 0 spiro atoms. The topological polar surface area (TPSA) is 102 Å². The Morgan fingerprint density at radius 3 is 2.61 bits per heavy atom. The van der Waals surface area contributed by atoms with Crippen LogP contribution in [0.25, 0.3) is 0 Å². The third-order valence-electron chi connectivity index (χ3n) is 3.74. The summed E-state index contributed by atoms with van der Waals surface area (Å²) in [6.07, 6.45) is 1.30. The average molecular weight is 402 g/mol. The summed E-state index contributed by atoms with van der Waals surface area (Å²) in [5.41, 5.74) is 7.71. The van der Waals surface area contributed by atoms with E-state index in [1.165, 1.54) is 24.5 Å². The summed E-state index contributed by atoms with van der Waals surface area (Å²) >= 11 is 5.80. The highest BCUT2D eigenvalue weighted by molar-refractivity contribution is 6.31. The molecule has 1 aromatic heterocycles. The first kappa shape index (κ1) is 19.4. The molecule has 0 aliphatic rings. The van der Waals surface area contributed by atoms with Gasteiger partial charge < -0.3 is 21.1 Å². The Kier molecular flexibility index (Phi) is 5.90. The molecule has 0 fully saturated rings. The van der Waals surface area contributed by atoms with Crippen LogP contribution in [0, 0.1) is 5.82 Å². The smallest absolute Gasteiger partial charge is 0.340 e. The normalized spacial score (nSPS) is 10.4. The fourth-order valence-corrected chi connectivity index (χ4v) is 2.59. The highest BCUT2D eigenvalue weighted by atomic mass is 35.5. The van der Waals surface area contributed by atoms with Crippen molar-refractivity contribution in [2.45, 2.75) is 6.92 Å². The molecule has 144 valence electrons. The molecule has 0 aliphatic carbocycles. The van der Waals surface area contributed by atoms with Crippen molar-refractivity contribution in [2.75, 3.05) is 23.0 Å². The first-order valence-electron chi connectivity index (χ1n) is 8.35. The maximum Gasteiger partial charge on any atom is 0.340 e. The first-order chi connectivity index (χ1) is 13.5. The summed E-state index contributed by atoms with van der Waals surface area (Å²) in [5.74, 6) is -0.394. The van der Waals surface area contributed by atoms with Crippen molar-refractivity contribution in [3.8, 4) is 0 Å². The second-order valence-electron chi connectivity index (χ2n) is 5.63. The number of esters is 1. The van der Waals surface area contributed by atoms with Gasteiger partial charge in [-0.2, -0.15) is 0 Å². The van der Waals surface area contributed by atoms with Crippen LogP contribution in [0.2, 0.25) is 5.02 Å². The lowest BCUT2D eigenvalue weighted by Crippen LogP contribution is -2.10. The van der Waals surface area contributed by atoms with Crippen molar-refractivity contribution >= 4 is 46.3 Å². The minimum Gasteiger partial charge on any atom is -0.462 e. The maximum absolute atomic E-state index is 13.3. The monoisotopic (exact) mass is 401 g/mol. The van der Waals surface area contributed by atoms with E-state index < -0.39 is 11.8 Å². The summed E-state index contributed by atoms with van der Waals surface area (Å²) < 4.78 is 18.4. The zero-order valence-corrected chi connectivity index (χ0v) is 15.6. The Hall–Kier alpha value is -3.39. The van der Waals surface area contributed by atoms with E-state index in [0.717, 1.165) is 0 Å². The molecule has 7 nitrogen and oxygen atoms in total. The number of aromatic nitrogens is 2. The summed E-state index contributed by atoms with van der Waals surface area (Å²) in [6.45, 7) is 1.99. The highest BCUT2D eigenvalue weighted by Crippen LogP contribution is 2.30. The van der Waals surface area contributed by atoms with Crippen LogP contribution in [0.15, 0.2) is 48.8 Å². The van der Waals surface area contributed by atoms with E-state index >= 15 is 0 Å². The zero-order chi connectivity index (χ0) is 20.1. The SMILES string of the molecule is CCOC(=O)c1ccccc1Nc1ncnc(Nc2ccc(F)c(Cl)c2)c1N. The van der Waals surface area contributed by atoms with Gasteiger partial charge in [-0.3, -0.25) is 0 Å². The quantitative estimate of drug-likeness (QED) is 0.522. The number of carbonyl (C=O) groups excluding carboxylic acids is 1. The van der Waals surface area contributed by atoms with Crippen molar-refractivity contribution in [2.24, 2.45) is 0 Å². The van der Waals surface area contributed by atoms with Crippen LogP contribution in [0.5, 0.6) is 0 Å². The Morgan fingerprint density at radius 1 is 1.18 bits per heavy atom. The number of nitrogens with two attached hydrogens (primary N) is 1. The molecule has 9 heteroatoms. The molecule has 0 atom stereocenters. The molecule has 0 radical (unpaired) electrons. The predicted molar refractivity (Wildman–Crippen MR) is 107 cm³/mol. The zero-order valence-electron chi connectivity index (χ0n) is 14.9. The van der Waals surface area contributed by atoms with Crippen LogP contribution in [-0.4, -0.2) is 22.5 Å². The molecule has 0 aliphatic heterocycles. The van der Waals surface area contributed by atoms with Crippen molar-refractivity contribution in [1.82, 2.24) is 9.97 Å². The van der Waals surface area contributed by atoms with E-state index in [0.29, 0.717) is 28.6 Å². The maximum atomic E-state index is 13.3. The van der Waals surface area contributed by atoms with Crippen LogP contribution >= 0.6 is 11.6 Å². The molecule has 3 rings (SSSR count). The van der Waals surface area contributed by atoms with Gasteiger partial charge in [0.25, 0.3) is 0 Å². The van der Waals surface area contributed by atoms with Gasteiger partial charge in [-0.05, 0) is 37.3 Å². The lowest BCUT2D eigenvalue weighted by atomic mass is 10.2. The van der Waals surface area contributed by atoms with Gasteiger partial charge in [-0.15, -0.1) is 0 Å². The van der Waals surface area contributed by atoms with Gasteiger partial charge in [-0.1, -0.05) is 23.7 Å². The molecule has 0 amide bonds. The minimum absolute atomic E-state index is 0.0284. The summed E-state index contributed by atoms with van der Waals surface area (Å²) in [5, 5.41) is 5.96. The fraction of sp³-hybridized carbons (Fsp3) is 0.105. The van der Waals surface area contributed by atoms with Crippen LogP contribution in [0.1, 0.15) is 17.3 Å². The number of anilines is 5. The van der Waals surface area contributed by atoms with E-state index in [1.807, 2.05) is 0 Å². The van der Waals surface area contributed by atoms with Crippen LogP contribution in [-0.2, 0) is 4.74 Å². The number of halogens is 2. The number of para-hydroxylation sites is 1. The largest absolute Gasteiger partial charge is 0.462 e. The van der Waals surface area contributed by atoms with Crippen molar-refractivity contribution in [3.05, 3.63) is 65.2 Å². The first-order valence-corrected chi connectivity index (χ1v) is 8.73. The van der Waals surface area contributed by atoms with Crippen LogP contribution < -0.4 is 16.4 Å². The number of nitrogen functional groups attached to an aromatic ring is 1. The van der Waals surface area contributed by atoms with Crippen molar-refractivity contribution in [1.29, 1.82) is 0 Å². The number of nitrogens with one attached hydrogen (secondary N) is 2. The number of hydrogen-bond acceptors (Lipinski definition) is 7. The van der Waals surface area contributed by atoms with Crippen molar-refractivity contribution < 1.29 is 13.9 Å². The number of nitrogens with zero attached hydrogens (tertiary/aromatic N) is 2. The van der Waals surface area contributed by atoms with E-state index in [4.69, 9.17) is 22.1 Å². The van der Waals surface area contributed by atoms with Gasteiger partial charge in [0.1, 0.15) is 17.8 Å². The predicted octanol–water partition coefficient (Wildman–Crippen LogP) is 4.52. The van der Waals surface area contributed by atoms with Gasteiger partial charge >= 0.3 is 5.97 Å². The van der Waals surface area contributed by atoms with Gasteiger partial charge in [0.2, 0.25) is 0 Å². The molecule has 0 saturated heterocycles. The average Bonchev–Trinajstić information content (AvgIpc) is 2.68. The van der Waals surface area contributed by atoms with E-state index in [-0.39, 0.29) is 17.3 Å². The van der Waals surface area contributed by atoms with Crippen molar-refractivity contribution in [3.63, 3.8) is 0 Å². The standard InChI is InChI=1S/C19H17ClFN5O2/c1-2-28-19(27)12-5-3-4-6-15(12)26-18-16(22)17(23-10-24-18)25-11-7-8-14(21)13(20)9-11/h3-10H,2,22H2,1H3,(H2,23,24,25,26). The lowest BCUT2D eigenvalue weighted by Gasteiger charge is -2.14. The number of hydrogen-bond donors (Lipinski definition) is 3. The molecule has 2 aromatic carbocycles. The molecule has 0 saturated carbocycles. The summed E-state index contributed by atoms with van der Waals surface area (Å²) in [4.78, 5) is 20.4. The lowest BCUT2D eigenvalue weighted by molar-refractivity contribution is 0.0527. The Bertz CT molecular complexity index is 1020. The Labute approximate surface area is 165 Å². The van der Waals surface area contributed by atoms with E-state index in [2.05, 4.69) is 20.6 Å². The molecule has 0 bridgehead atoms. The summed E-state index contributed by atoms with van der Waals surface area (Å²) in [7, 11) is 0. The van der Waals surface area contributed by atoms with E-state index in [1.54, 1.807) is 31.2 Å². The second kappa shape index (κ2) is 8.53. The molecular formula is C19H17ClFN5O2. The van der Waals surface area contributed by atoms with E-state index in [9.17, 15) is 9.18 Å². The number of ether oxygens (including phenoxy) is 1. The molecule has 3 aromatic rings. The fourth-order valence-electron chi connectivity index (χ4n) is 2.41. The third-order valence-corrected chi connectivity index (χ3v) is 4.03. The van der Waals surface area contributed by atoms with Gasteiger partial charge in [-0.25, -0.2) is 19.2 Å². The molecular weight excluding hydrogens is 385 g/mol. The van der Waals surface area contributed by atoms with Crippen LogP contribution in [0.3, 0.4) is 0 Å². The molecule has 1 heterocycles. The third kappa shape index (κ3) is 4.29. The number of carbonyl (C=O) groups is 1. The van der Waals surface area contributed by atoms with Gasteiger partial charge in [0.05, 0.1) is 22.9 Å². The van der Waals surface area contributed by atoms with Gasteiger partial charge in [0.15, 0.2) is 11.6 Å².